The molecule has 0 fully saturated rings. The van der Waals surface area contributed by atoms with E-state index in [1.165, 1.54) is 10.5 Å². The molecule has 2 rings (SSSR count). The fourth-order valence-electron chi connectivity index (χ4n) is 1.87. The molecule has 0 saturated carbocycles. The molecule has 0 radical (unpaired) electrons. The molecular formula is C16H17BrOS. The Morgan fingerprint density at radius 1 is 1.16 bits per heavy atom. The maximum absolute atomic E-state index is 10.1. The lowest BCUT2D eigenvalue weighted by molar-refractivity contribution is 0.200. The number of halogens is 1. The molecule has 0 spiro atoms. The number of hydrogen-bond acceptors (Lipinski definition) is 2. The number of benzene rings is 2. The maximum Gasteiger partial charge on any atom is 0.0674 e. The average Bonchev–Trinajstić information content (AvgIpc) is 2.39. The maximum atomic E-state index is 10.1. The van der Waals surface area contributed by atoms with Crippen molar-refractivity contribution in [2.24, 2.45) is 0 Å². The molecule has 0 aliphatic heterocycles. The summed E-state index contributed by atoms with van der Waals surface area (Å²) in [5.41, 5.74) is 2.41. The highest BCUT2D eigenvalue weighted by atomic mass is 79.9. The van der Waals surface area contributed by atoms with E-state index in [-0.39, 0.29) is 6.10 Å². The zero-order valence-corrected chi connectivity index (χ0v) is 13.2. The molecule has 0 amide bonds. The van der Waals surface area contributed by atoms with Gasteiger partial charge in [0.2, 0.25) is 0 Å². The smallest absolute Gasteiger partial charge is 0.0674 e. The van der Waals surface area contributed by atoms with Gasteiger partial charge in [0.15, 0.2) is 0 Å². The van der Waals surface area contributed by atoms with Gasteiger partial charge in [0, 0.05) is 21.5 Å². The molecule has 0 saturated heterocycles. The molecule has 0 heterocycles. The number of aryl methyl sites for hydroxylation is 1. The molecule has 1 nitrogen and oxygen atoms in total. The monoisotopic (exact) mass is 336 g/mol. The molecule has 1 unspecified atom stereocenters. The fraction of sp³-hybridized carbons (Fsp3) is 0.250. The first-order chi connectivity index (χ1) is 9.15. The van der Waals surface area contributed by atoms with Crippen LogP contribution in [0.3, 0.4) is 0 Å². The fourth-order valence-corrected chi connectivity index (χ4v) is 3.27. The Bertz CT molecular complexity index is 542. The van der Waals surface area contributed by atoms with E-state index in [9.17, 15) is 5.11 Å². The van der Waals surface area contributed by atoms with Crippen molar-refractivity contribution in [3.63, 3.8) is 0 Å². The molecule has 0 aromatic heterocycles. The summed E-state index contributed by atoms with van der Waals surface area (Å²) in [6, 6.07) is 16.4. The van der Waals surface area contributed by atoms with Gasteiger partial charge in [-0.25, -0.2) is 0 Å². The lowest BCUT2D eigenvalue weighted by atomic mass is 10.1. The molecule has 1 atom stereocenters. The molecule has 2 aromatic rings. The highest BCUT2D eigenvalue weighted by molar-refractivity contribution is 9.10. The Morgan fingerprint density at radius 2 is 1.95 bits per heavy atom. The van der Waals surface area contributed by atoms with Crippen molar-refractivity contribution in [1.29, 1.82) is 0 Å². The van der Waals surface area contributed by atoms with Gasteiger partial charge < -0.3 is 5.11 Å². The Kier molecular flexibility index (Phi) is 5.49. The van der Waals surface area contributed by atoms with Gasteiger partial charge in [0.25, 0.3) is 0 Å². The Morgan fingerprint density at radius 3 is 2.68 bits per heavy atom. The van der Waals surface area contributed by atoms with Crippen LogP contribution in [0.4, 0.5) is 0 Å². The summed E-state index contributed by atoms with van der Waals surface area (Å²) < 4.78 is 1.06. The Labute approximate surface area is 127 Å². The summed E-state index contributed by atoms with van der Waals surface area (Å²) >= 11 is 5.21. The summed E-state index contributed by atoms with van der Waals surface area (Å²) in [4.78, 5) is 1.21. The molecule has 2 aromatic carbocycles. The number of aliphatic hydroxyl groups excluding tert-OH is 1. The molecule has 3 heteroatoms. The van der Waals surface area contributed by atoms with Gasteiger partial charge in [-0.05, 0) is 30.7 Å². The van der Waals surface area contributed by atoms with E-state index in [0.29, 0.717) is 12.2 Å². The SMILES string of the molecule is Cc1cccc(SCC(O)Cc2ccccc2Br)c1. The zero-order chi connectivity index (χ0) is 13.7. The van der Waals surface area contributed by atoms with Crippen LogP contribution in [0.2, 0.25) is 0 Å². The molecule has 0 bridgehead atoms. The van der Waals surface area contributed by atoms with E-state index in [2.05, 4.69) is 47.1 Å². The second-order valence-corrected chi connectivity index (χ2v) is 6.52. The van der Waals surface area contributed by atoms with Crippen LogP contribution in [-0.2, 0) is 6.42 Å². The minimum absolute atomic E-state index is 0.329. The number of hydrogen-bond donors (Lipinski definition) is 1. The Hall–Kier alpha value is -0.770. The summed E-state index contributed by atoms with van der Waals surface area (Å²) in [6.45, 7) is 2.08. The van der Waals surface area contributed by atoms with Gasteiger partial charge in [-0.1, -0.05) is 51.8 Å². The zero-order valence-electron chi connectivity index (χ0n) is 10.8. The number of rotatable bonds is 5. The van der Waals surface area contributed by atoms with E-state index < -0.39 is 0 Å². The topological polar surface area (TPSA) is 20.2 Å². The normalized spacial score (nSPS) is 12.4. The van der Waals surface area contributed by atoms with Gasteiger partial charge >= 0.3 is 0 Å². The highest BCUT2D eigenvalue weighted by Crippen LogP contribution is 2.22. The second-order valence-electron chi connectivity index (χ2n) is 4.58. The third-order valence-electron chi connectivity index (χ3n) is 2.85. The largest absolute Gasteiger partial charge is 0.392 e. The van der Waals surface area contributed by atoms with Crippen molar-refractivity contribution in [3.8, 4) is 0 Å². The number of aliphatic hydroxyl groups is 1. The minimum atomic E-state index is -0.329. The van der Waals surface area contributed by atoms with Crippen LogP contribution in [0, 0.1) is 6.92 Å². The van der Waals surface area contributed by atoms with Crippen molar-refractivity contribution >= 4 is 27.7 Å². The van der Waals surface area contributed by atoms with Crippen LogP contribution in [0.1, 0.15) is 11.1 Å². The third kappa shape index (κ3) is 4.68. The van der Waals surface area contributed by atoms with Crippen LogP contribution >= 0.6 is 27.7 Å². The average molecular weight is 337 g/mol. The molecule has 100 valence electrons. The van der Waals surface area contributed by atoms with Crippen LogP contribution in [0.25, 0.3) is 0 Å². The lowest BCUT2D eigenvalue weighted by Crippen LogP contribution is -2.13. The van der Waals surface area contributed by atoms with Crippen molar-refractivity contribution in [3.05, 3.63) is 64.1 Å². The first kappa shape index (κ1) is 14.6. The first-order valence-electron chi connectivity index (χ1n) is 6.26. The van der Waals surface area contributed by atoms with E-state index in [4.69, 9.17) is 0 Å². The van der Waals surface area contributed by atoms with Crippen molar-refractivity contribution in [1.82, 2.24) is 0 Å². The standard InChI is InChI=1S/C16H17BrOS/c1-12-5-4-7-15(9-12)19-11-14(18)10-13-6-2-3-8-16(13)17/h2-9,14,18H,10-11H2,1H3. The summed E-state index contributed by atoms with van der Waals surface area (Å²) in [7, 11) is 0. The van der Waals surface area contributed by atoms with Gasteiger partial charge in [0.1, 0.15) is 0 Å². The minimum Gasteiger partial charge on any atom is -0.392 e. The van der Waals surface area contributed by atoms with E-state index >= 15 is 0 Å². The predicted octanol–water partition coefficient (Wildman–Crippen LogP) is 4.45. The predicted molar refractivity (Wildman–Crippen MR) is 85.8 cm³/mol. The van der Waals surface area contributed by atoms with E-state index in [1.54, 1.807) is 11.8 Å². The summed E-state index contributed by atoms with van der Waals surface area (Å²) in [5.74, 6) is 0.713. The van der Waals surface area contributed by atoms with Gasteiger partial charge in [0.05, 0.1) is 6.10 Å². The van der Waals surface area contributed by atoms with Crippen LogP contribution in [0.15, 0.2) is 57.9 Å². The lowest BCUT2D eigenvalue weighted by Gasteiger charge is -2.11. The summed E-state index contributed by atoms with van der Waals surface area (Å²) in [6.07, 6.45) is 0.351. The van der Waals surface area contributed by atoms with Crippen molar-refractivity contribution in [2.45, 2.75) is 24.3 Å². The quantitative estimate of drug-likeness (QED) is 0.814. The van der Waals surface area contributed by atoms with Crippen LogP contribution in [-0.4, -0.2) is 17.0 Å². The molecule has 1 N–H and O–H groups in total. The highest BCUT2D eigenvalue weighted by Gasteiger charge is 2.08. The second kappa shape index (κ2) is 7.13. The molecular weight excluding hydrogens is 320 g/mol. The van der Waals surface area contributed by atoms with Gasteiger partial charge in [-0.3, -0.25) is 0 Å². The van der Waals surface area contributed by atoms with Crippen molar-refractivity contribution in [2.75, 3.05) is 5.75 Å². The molecule has 0 aliphatic carbocycles. The first-order valence-corrected chi connectivity index (χ1v) is 8.04. The van der Waals surface area contributed by atoms with E-state index in [0.717, 1.165) is 10.0 Å². The Balaban J connectivity index is 1.88. The molecule has 19 heavy (non-hydrogen) atoms. The van der Waals surface area contributed by atoms with Crippen LogP contribution < -0.4 is 0 Å². The molecule has 0 aliphatic rings. The van der Waals surface area contributed by atoms with Gasteiger partial charge in [-0.15, -0.1) is 11.8 Å². The van der Waals surface area contributed by atoms with Gasteiger partial charge in [-0.2, -0.15) is 0 Å². The number of thioether (sulfide) groups is 1. The van der Waals surface area contributed by atoms with Crippen molar-refractivity contribution < 1.29 is 5.11 Å². The van der Waals surface area contributed by atoms with E-state index in [1.807, 2.05) is 24.3 Å². The van der Waals surface area contributed by atoms with Crippen LogP contribution in [0.5, 0.6) is 0 Å². The summed E-state index contributed by atoms with van der Waals surface area (Å²) in [5, 5.41) is 10.1. The third-order valence-corrected chi connectivity index (χ3v) is 4.76.